The molecule has 2 rings (SSSR count). The number of rotatable bonds is 8. The third-order valence-electron chi connectivity index (χ3n) is 4.47. The van der Waals surface area contributed by atoms with E-state index in [1.807, 2.05) is 0 Å². The van der Waals surface area contributed by atoms with E-state index in [1.54, 1.807) is 19.1 Å². The molecule has 1 aliphatic heterocycles. The standard InChI is InChI=1S/C19H25NO7S2/c1-10(8-28-11(2)21)17(22)20-13(19(23)24)9-29-18(20)12-6-14(25-3)16(27-5)15(7-12)26-4/h6-7,10,13,18H,8-9H2,1-5H3,(H,23,24)/t10-,13+,18?/m1/s1. The number of thioether (sulfide) groups is 2. The Morgan fingerprint density at radius 2 is 1.79 bits per heavy atom. The van der Waals surface area contributed by atoms with Crippen LogP contribution in [0.25, 0.3) is 0 Å². The van der Waals surface area contributed by atoms with Crippen LogP contribution in [-0.4, -0.2) is 65.9 Å². The van der Waals surface area contributed by atoms with Gasteiger partial charge in [-0.05, 0) is 17.7 Å². The molecular formula is C19H25NO7S2. The van der Waals surface area contributed by atoms with Crippen molar-refractivity contribution >= 4 is 40.5 Å². The number of aliphatic carboxylic acids is 1. The molecule has 0 aromatic heterocycles. The molecule has 1 fully saturated rings. The lowest BCUT2D eigenvalue weighted by atomic mass is 10.1. The number of benzene rings is 1. The van der Waals surface area contributed by atoms with E-state index < -0.39 is 23.3 Å². The third-order valence-corrected chi connectivity index (χ3v) is 6.87. The summed E-state index contributed by atoms with van der Waals surface area (Å²) in [7, 11) is 4.48. The molecule has 1 aromatic carbocycles. The average molecular weight is 444 g/mol. The smallest absolute Gasteiger partial charge is 0.327 e. The monoisotopic (exact) mass is 443 g/mol. The molecule has 1 aliphatic rings. The summed E-state index contributed by atoms with van der Waals surface area (Å²) in [6, 6.07) is 2.48. The maximum absolute atomic E-state index is 13.1. The van der Waals surface area contributed by atoms with Crippen molar-refractivity contribution in [2.75, 3.05) is 32.8 Å². The number of carbonyl (C=O) groups excluding carboxylic acids is 2. The number of ether oxygens (including phenoxy) is 3. The summed E-state index contributed by atoms with van der Waals surface area (Å²) in [6.07, 6.45) is 0. The largest absolute Gasteiger partial charge is 0.493 e. The number of carbonyl (C=O) groups is 3. The molecule has 1 aromatic rings. The van der Waals surface area contributed by atoms with Crippen molar-refractivity contribution in [2.45, 2.75) is 25.3 Å². The van der Waals surface area contributed by atoms with Crippen LogP contribution in [0.5, 0.6) is 17.2 Å². The Morgan fingerprint density at radius 3 is 2.24 bits per heavy atom. The molecule has 0 spiro atoms. The minimum atomic E-state index is -1.06. The van der Waals surface area contributed by atoms with Gasteiger partial charge in [0, 0.05) is 24.3 Å². The quantitative estimate of drug-likeness (QED) is 0.649. The Bertz CT molecular complexity index is 761. The van der Waals surface area contributed by atoms with E-state index >= 15 is 0 Å². The van der Waals surface area contributed by atoms with E-state index in [0.717, 1.165) is 11.8 Å². The van der Waals surface area contributed by atoms with E-state index in [2.05, 4.69) is 0 Å². The number of hydrogen-bond acceptors (Lipinski definition) is 8. The predicted octanol–water partition coefficient (Wildman–Crippen LogP) is 2.66. The third kappa shape index (κ3) is 5.11. The number of methoxy groups -OCH3 is 3. The minimum absolute atomic E-state index is 0.0867. The number of nitrogens with zero attached hydrogens (tertiary/aromatic N) is 1. The molecule has 160 valence electrons. The molecule has 0 aliphatic carbocycles. The number of hydrogen-bond donors (Lipinski definition) is 1. The van der Waals surface area contributed by atoms with Crippen LogP contribution in [-0.2, 0) is 14.4 Å². The fourth-order valence-electron chi connectivity index (χ4n) is 3.03. The van der Waals surface area contributed by atoms with E-state index in [0.29, 0.717) is 28.6 Å². The molecular weight excluding hydrogens is 418 g/mol. The van der Waals surface area contributed by atoms with E-state index in [1.165, 1.54) is 44.9 Å². The van der Waals surface area contributed by atoms with Crippen LogP contribution in [0.4, 0.5) is 0 Å². The number of amides is 1. The van der Waals surface area contributed by atoms with Crippen LogP contribution < -0.4 is 14.2 Å². The summed E-state index contributed by atoms with van der Waals surface area (Å²) < 4.78 is 16.1. The summed E-state index contributed by atoms with van der Waals surface area (Å²) in [6.45, 7) is 3.14. The van der Waals surface area contributed by atoms with Gasteiger partial charge in [0.15, 0.2) is 16.6 Å². The zero-order valence-electron chi connectivity index (χ0n) is 17.0. The van der Waals surface area contributed by atoms with Gasteiger partial charge in [0.1, 0.15) is 11.4 Å². The van der Waals surface area contributed by atoms with Crippen LogP contribution in [0.2, 0.25) is 0 Å². The Kier molecular flexibility index (Phi) is 8.09. The molecule has 0 radical (unpaired) electrons. The highest BCUT2D eigenvalue weighted by molar-refractivity contribution is 8.13. The second-order valence-electron chi connectivity index (χ2n) is 6.45. The number of carboxylic acid groups (broad SMARTS) is 1. The predicted molar refractivity (Wildman–Crippen MR) is 112 cm³/mol. The molecule has 3 atom stereocenters. The topological polar surface area (TPSA) is 102 Å². The van der Waals surface area contributed by atoms with Crippen LogP contribution in [0, 0.1) is 5.92 Å². The molecule has 10 heteroatoms. The summed E-state index contributed by atoms with van der Waals surface area (Å²) in [5.41, 5.74) is 0.674. The lowest BCUT2D eigenvalue weighted by Crippen LogP contribution is -2.45. The van der Waals surface area contributed by atoms with Crippen molar-refractivity contribution in [1.29, 1.82) is 0 Å². The van der Waals surface area contributed by atoms with Gasteiger partial charge in [-0.1, -0.05) is 18.7 Å². The summed E-state index contributed by atoms with van der Waals surface area (Å²) in [4.78, 5) is 37.6. The van der Waals surface area contributed by atoms with Crippen LogP contribution in [0.15, 0.2) is 12.1 Å². The zero-order valence-corrected chi connectivity index (χ0v) is 18.6. The molecule has 1 N–H and O–H groups in total. The van der Waals surface area contributed by atoms with Gasteiger partial charge in [-0.2, -0.15) is 0 Å². The average Bonchev–Trinajstić information content (AvgIpc) is 3.15. The SMILES string of the molecule is COc1cc(C2SC[C@@H](C(=O)O)N2C(=O)[C@H](C)CSC(C)=O)cc(OC)c1OC. The first kappa shape index (κ1) is 23.2. The van der Waals surface area contributed by atoms with E-state index in [4.69, 9.17) is 14.2 Å². The first-order chi connectivity index (χ1) is 13.7. The van der Waals surface area contributed by atoms with Crippen LogP contribution >= 0.6 is 23.5 Å². The van der Waals surface area contributed by atoms with Gasteiger partial charge in [-0.3, -0.25) is 9.59 Å². The summed E-state index contributed by atoms with van der Waals surface area (Å²) in [5, 5.41) is 9.03. The van der Waals surface area contributed by atoms with Crippen molar-refractivity contribution in [2.24, 2.45) is 5.92 Å². The fourth-order valence-corrected chi connectivity index (χ4v) is 5.07. The molecule has 29 heavy (non-hydrogen) atoms. The molecule has 1 unspecified atom stereocenters. The molecule has 0 bridgehead atoms. The van der Waals surface area contributed by atoms with Crippen molar-refractivity contribution < 1.29 is 33.7 Å². The van der Waals surface area contributed by atoms with Gasteiger partial charge < -0.3 is 24.2 Å². The van der Waals surface area contributed by atoms with Crippen molar-refractivity contribution in [3.8, 4) is 17.2 Å². The summed E-state index contributed by atoms with van der Waals surface area (Å²) in [5.74, 6) is -0.0575. The van der Waals surface area contributed by atoms with Crippen molar-refractivity contribution in [3.05, 3.63) is 17.7 Å². The van der Waals surface area contributed by atoms with Gasteiger partial charge in [-0.25, -0.2) is 4.79 Å². The fraction of sp³-hybridized carbons (Fsp3) is 0.526. The van der Waals surface area contributed by atoms with Gasteiger partial charge in [0.25, 0.3) is 0 Å². The normalized spacial score (nSPS) is 19.6. The second-order valence-corrected chi connectivity index (χ2v) is 8.76. The highest BCUT2D eigenvalue weighted by Gasteiger charge is 2.44. The highest BCUT2D eigenvalue weighted by Crippen LogP contribution is 2.47. The maximum Gasteiger partial charge on any atom is 0.327 e. The Balaban J connectivity index is 2.43. The Hall–Kier alpha value is -2.07. The Labute approximate surface area is 178 Å². The van der Waals surface area contributed by atoms with Crippen molar-refractivity contribution in [3.63, 3.8) is 0 Å². The van der Waals surface area contributed by atoms with Crippen LogP contribution in [0.3, 0.4) is 0 Å². The zero-order chi connectivity index (χ0) is 21.7. The van der Waals surface area contributed by atoms with Gasteiger partial charge >= 0.3 is 5.97 Å². The van der Waals surface area contributed by atoms with Crippen molar-refractivity contribution in [1.82, 2.24) is 4.90 Å². The molecule has 1 heterocycles. The second kappa shape index (κ2) is 10.1. The first-order valence-corrected chi connectivity index (χ1v) is 10.9. The van der Waals surface area contributed by atoms with Gasteiger partial charge in [-0.15, -0.1) is 11.8 Å². The molecule has 0 saturated carbocycles. The molecule has 1 amide bonds. The first-order valence-electron chi connectivity index (χ1n) is 8.84. The van der Waals surface area contributed by atoms with Gasteiger partial charge in [0.2, 0.25) is 11.7 Å². The van der Waals surface area contributed by atoms with E-state index in [9.17, 15) is 19.5 Å². The van der Waals surface area contributed by atoms with Gasteiger partial charge in [0.05, 0.1) is 21.3 Å². The number of carboxylic acids is 1. The minimum Gasteiger partial charge on any atom is -0.493 e. The van der Waals surface area contributed by atoms with E-state index in [-0.39, 0.29) is 16.8 Å². The lowest BCUT2D eigenvalue weighted by Gasteiger charge is -2.30. The molecule has 8 nitrogen and oxygen atoms in total. The van der Waals surface area contributed by atoms with Crippen LogP contribution in [0.1, 0.15) is 24.8 Å². The lowest BCUT2D eigenvalue weighted by molar-refractivity contribution is -0.150. The summed E-state index contributed by atoms with van der Waals surface area (Å²) >= 11 is 2.41. The Morgan fingerprint density at radius 1 is 1.21 bits per heavy atom. The molecule has 1 saturated heterocycles. The maximum atomic E-state index is 13.1. The highest BCUT2D eigenvalue weighted by atomic mass is 32.2.